The van der Waals surface area contributed by atoms with Crippen molar-refractivity contribution in [3.8, 4) is 0 Å². The maximum Gasteiger partial charge on any atom is 0.299 e. The first-order valence-electron chi connectivity index (χ1n) is 4.42. The molecule has 6 nitrogen and oxygen atoms in total. The minimum atomic E-state index is -3.58. The first-order chi connectivity index (χ1) is 7.55. The summed E-state index contributed by atoms with van der Waals surface area (Å²) >= 11 is 3.14. The molecule has 1 aromatic rings. The minimum absolute atomic E-state index is 0.212. The van der Waals surface area contributed by atoms with Crippen molar-refractivity contribution in [3.05, 3.63) is 22.9 Å². The Morgan fingerprint density at radius 1 is 1.56 bits per heavy atom. The van der Waals surface area contributed by atoms with E-state index in [1.165, 1.54) is 7.11 Å². The molecule has 0 spiro atoms. The number of ether oxygens (including phenoxy) is 1. The number of aromatic nitrogens is 1. The van der Waals surface area contributed by atoms with Crippen LogP contribution in [-0.4, -0.2) is 33.7 Å². The van der Waals surface area contributed by atoms with Crippen molar-refractivity contribution in [3.63, 3.8) is 0 Å². The van der Waals surface area contributed by atoms with Crippen LogP contribution in [0, 0.1) is 0 Å². The third kappa shape index (κ3) is 4.44. The van der Waals surface area contributed by atoms with E-state index in [0.717, 1.165) is 0 Å². The van der Waals surface area contributed by atoms with E-state index in [9.17, 15) is 8.42 Å². The zero-order chi connectivity index (χ0) is 12.0. The van der Waals surface area contributed by atoms with Crippen LogP contribution < -0.4 is 9.44 Å². The fourth-order valence-electron chi connectivity index (χ4n) is 0.921. The minimum Gasteiger partial charge on any atom is -0.383 e. The highest BCUT2D eigenvalue weighted by Gasteiger charge is 2.10. The lowest BCUT2D eigenvalue weighted by atomic mass is 10.4. The largest absolute Gasteiger partial charge is 0.383 e. The van der Waals surface area contributed by atoms with Gasteiger partial charge < -0.3 is 4.74 Å². The van der Waals surface area contributed by atoms with Crippen molar-refractivity contribution in [1.29, 1.82) is 0 Å². The maximum atomic E-state index is 11.5. The molecule has 0 saturated carbocycles. The van der Waals surface area contributed by atoms with Crippen LogP contribution in [-0.2, 0) is 14.9 Å². The molecule has 1 rings (SSSR count). The van der Waals surface area contributed by atoms with Gasteiger partial charge in [0.05, 0.1) is 12.3 Å². The molecule has 0 aromatic carbocycles. The SMILES string of the molecule is COCCNS(=O)(=O)Nc1cccnc1Br. The van der Waals surface area contributed by atoms with Crippen LogP contribution in [0.15, 0.2) is 22.9 Å². The molecule has 0 fully saturated rings. The van der Waals surface area contributed by atoms with E-state index in [1.807, 2.05) is 0 Å². The van der Waals surface area contributed by atoms with Gasteiger partial charge in [0.25, 0.3) is 10.2 Å². The van der Waals surface area contributed by atoms with Gasteiger partial charge in [-0.25, -0.2) is 4.98 Å². The quantitative estimate of drug-likeness (QED) is 0.600. The van der Waals surface area contributed by atoms with Gasteiger partial charge in [0.1, 0.15) is 4.60 Å². The predicted octanol–water partition coefficient (Wildman–Crippen LogP) is 0.737. The van der Waals surface area contributed by atoms with E-state index in [4.69, 9.17) is 4.74 Å². The van der Waals surface area contributed by atoms with E-state index >= 15 is 0 Å². The fourth-order valence-corrected chi connectivity index (χ4v) is 2.28. The van der Waals surface area contributed by atoms with E-state index in [1.54, 1.807) is 18.3 Å². The Balaban J connectivity index is 2.63. The molecule has 0 aliphatic heterocycles. The first-order valence-corrected chi connectivity index (χ1v) is 6.69. The number of nitrogens with one attached hydrogen (secondary N) is 2. The van der Waals surface area contributed by atoms with Gasteiger partial charge >= 0.3 is 0 Å². The van der Waals surface area contributed by atoms with Gasteiger partial charge in [-0.2, -0.15) is 13.1 Å². The van der Waals surface area contributed by atoms with Gasteiger partial charge in [0.15, 0.2) is 0 Å². The summed E-state index contributed by atoms with van der Waals surface area (Å²) in [5.41, 5.74) is 0.382. The van der Waals surface area contributed by atoms with Gasteiger partial charge in [-0.3, -0.25) is 4.72 Å². The Hall–Kier alpha value is -0.700. The molecular weight excluding hydrogens is 298 g/mol. The van der Waals surface area contributed by atoms with Crippen LogP contribution in [0.1, 0.15) is 0 Å². The summed E-state index contributed by atoms with van der Waals surface area (Å²) in [6.45, 7) is 0.527. The van der Waals surface area contributed by atoms with Crippen molar-refractivity contribution in [2.45, 2.75) is 0 Å². The third-order valence-corrected chi connectivity index (χ3v) is 3.31. The second kappa shape index (κ2) is 6.14. The van der Waals surface area contributed by atoms with Crippen molar-refractivity contribution in [2.75, 3.05) is 25.0 Å². The Kier molecular flexibility index (Phi) is 5.13. The number of hydrogen-bond donors (Lipinski definition) is 2. The lowest BCUT2D eigenvalue weighted by Gasteiger charge is -2.09. The van der Waals surface area contributed by atoms with Crippen molar-refractivity contribution in [2.24, 2.45) is 0 Å². The molecule has 0 aliphatic carbocycles. The molecule has 0 atom stereocenters. The Morgan fingerprint density at radius 2 is 2.31 bits per heavy atom. The van der Waals surface area contributed by atoms with Gasteiger partial charge in [0, 0.05) is 19.9 Å². The summed E-state index contributed by atoms with van der Waals surface area (Å²) < 4.78 is 32.8. The molecule has 0 aliphatic rings. The second-order valence-corrected chi connectivity index (χ2v) is 5.09. The molecule has 0 bridgehead atoms. The summed E-state index contributed by atoms with van der Waals surface area (Å²) in [5.74, 6) is 0. The molecule has 0 unspecified atom stereocenters. The smallest absolute Gasteiger partial charge is 0.299 e. The molecule has 0 saturated heterocycles. The Labute approximate surface area is 103 Å². The van der Waals surface area contributed by atoms with Crippen LogP contribution in [0.3, 0.4) is 0 Å². The van der Waals surface area contributed by atoms with Crippen LogP contribution in [0.2, 0.25) is 0 Å². The monoisotopic (exact) mass is 309 g/mol. The normalized spacial score (nSPS) is 11.4. The topological polar surface area (TPSA) is 80.3 Å². The Bertz CT molecular complexity index is 438. The summed E-state index contributed by atoms with van der Waals surface area (Å²) in [6, 6.07) is 3.24. The van der Waals surface area contributed by atoms with Crippen LogP contribution in [0.5, 0.6) is 0 Å². The number of nitrogens with zero attached hydrogens (tertiary/aromatic N) is 1. The molecule has 1 heterocycles. The lowest BCUT2D eigenvalue weighted by molar-refractivity contribution is 0.204. The molecule has 1 aromatic heterocycles. The molecule has 8 heteroatoms. The number of methoxy groups -OCH3 is 1. The average molecular weight is 310 g/mol. The maximum absolute atomic E-state index is 11.5. The molecule has 0 radical (unpaired) electrons. The lowest BCUT2D eigenvalue weighted by Crippen LogP contribution is -2.32. The number of anilines is 1. The second-order valence-electron chi connectivity index (χ2n) is 2.83. The highest BCUT2D eigenvalue weighted by molar-refractivity contribution is 9.10. The highest BCUT2D eigenvalue weighted by atomic mass is 79.9. The summed E-state index contributed by atoms with van der Waals surface area (Å²) in [6.07, 6.45) is 1.56. The number of rotatable bonds is 6. The highest BCUT2D eigenvalue weighted by Crippen LogP contribution is 2.18. The summed E-state index contributed by atoms with van der Waals surface area (Å²) in [4.78, 5) is 3.90. The summed E-state index contributed by atoms with van der Waals surface area (Å²) in [7, 11) is -2.08. The van der Waals surface area contributed by atoms with Crippen molar-refractivity contribution < 1.29 is 13.2 Å². The number of halogens is 1. The van der Waals surface area contributed by atoms with Crippen molar-refractivity contribution >= 4 is 31.8 Å². The van der Waals surface area contributed by atoms with Crippen molar-refractivity contribution in [1.82, 2.24) is 9.71 Å². The van der Waals surface area contributed by atoms with Crippen LogP contribution in [0.4, 0.5) is 5.69 Å². The number of pyridine rings is 1. The van der Waals surface area contributed by atoms with E-state index in [2.05, 4.69) is 30.4 Å². The van der Waals surface area contributed by atoms with E-state index < -0.39 is 10.2 Å². The van der Waals surface area contributed by atoms with Gasteiger partial charge in [-0.15, -0.1) is 0 Å². The summed E-state index contributed by atoms with van der Waals surface area (Å²) in [5, 5.41) is 0. The van der Waals surface area contributed by atoms with E-state index in [0.29, 0.717) is 16.9 Å². The average Bonchev–Trinajstić information content (AvgIpc) is 2.21. The number of hydrogen-bond acceptors (Lipinski definition) is 4. The zero-order valence-electron chi connectivity index (χ0n) is 8.60. The van der Waals surface area contributed by atoms with Gasteiger partial charge in [-0.05, 0) is 28.1 Å². The third-order valence-electron chi connectivity index (χ3n) is 1.60. The molecule has 90 valence electrons. The Morgan fingerprint density at radius 3 is 2.94 bits per heavy atom. The first kappa shape index (κ1) is 13.4. The molecule has 2 N–H and O–H groups in total. The van der Waals surface area contributed by atoms with E-state index in [-0.39, 0.29) is 6.54 Å². The fraction of sp³-hybridized carbons (Fsp3) is 0.375. The molecule has 0 amide bonds. The predicted molar refractivity (Wildman–Crippen MR) is 64.4 cm³/mol. The van der Waals surface area contributed by atoms with Gasteiger partial charge in [-0.1, -0.05) is 0 Å². The van der Waals surface area contributed by atoms with Crippen LogP contribution >= 0.6 is 15.9 Å². The molecular formula is C8H12BrN3O3S. The molecule has 16 heavy (non-hydrogen) atoms. The van der Waals surface area contributed by atoms with Crippen LogP contribution in [0.25, 0.3) is 0 Å². The zero-order valence-corrected chi connectivity index (χ0v) is 11.0. The van der Waals surface area contributed by atoms with Gasteiger partial charge in [0.2, 0.25) is 0 Å². The standard InChI is InChI=1S/C8H12BrN3O3S/c1-15-6-5-11-16(13,14)12-7-3-2-4-10-8(7)9/h2-4,11-12H,5-6H2,1H3.